The zero-order valence-corrected chi connectivity index (χ0v) is 14.7. The number of Topliss-reactive ketones (excluding diaryl/α,β-unsaturated/α-hetero) is 1. The highest BCUT2D eigenvalue weighted by Gasteiger charge is 2.13. The van der Waals surface area contributed by atoms with Gasteiger partial charge in [-0.2, -0.15) is 0 Å². The number of methoxy groups -OCH3 is 1. The average Bonchev–Trinajstić information content (AvgIpc) is 3.04. The lowest BCUT2D eigenvalue weighted by Gasteiger charge is -2.10. The lowest BCUT2D eigenvalue weighted by Crippen LogP contribution is -2.04. The first-order chi connectivity index (χ1) is 12.2. The smallest absolute Gasteiger partial charge is 0.164 e. The summed E-state index contributed by atoms with van der Waals surface area (Å²) in [5.74, 6) is 1.68. The van der Waals surface area contributed by atoms with Crippen LogP contribution in [0.4, 0.5) is 0 Å². The van der Waals surface area contributed by atoms with Crippen molar-refractivity contribution in [1.82, 2.24) is 4.57 Å². The molecule has 0 unspecified atom stereocenters. The third-order valence-electron chi connectivity index (χ3n) is 4.28. The van der Waals surface area contributed by atoms with Gasteiger partial charge in [-0.25, -0.2) is 0 Å². The van der Waals surface area contributed by atoms with Crippen LogP contribution in [0.2, 0.25) is 0 Å². The van der Waals surface area contributed by atoms with Gasteiger partial charge in [-0.15, -0.1) is 0 Å². The molecule has 0 aliphatic heterocycles. The SMILES string of the molecule is CCC(=O)c1cn(CCCOc2ccccc2OC)c2ccccc12. The van der Waals surface area contributed by atoms with Gasteiger partial charge >= 0.3 is 0 Å². The van der Waals surface area contributed by atoms with Crippen LogP contribution in [0.15, 0.2) is 54.7 Å². The molecule has 25 heavy (non-hydrogen) atoms. The van der Waals surface area contributed by atoms with E-state index in [4.69, 9.17) is 9.47 Å². The van der Waals surface area contributed by atoms with E-state index < -0.39 is 0 Å². The second-order valence-corrected chi connectivity index (χ2v) is 5.88. The molecule has 4 nitrogen and oxygen atoms in total. The molecule has 4 heteroatoms. The second kappa shape index (κ2) is 7.88. The van der Waals surface area contributed by atoms with Gasteiger partial charge in [-0.1, -0.05) is 37.3 Å². The Labute approximate surface area is 148 Å². The number of carbonyl (C=O) groups excluding carboxylic acids is 1. The molecule has 2 aromatic carbocycles. The first kappa shape index (κ1) is 17.1. The molecule has 3 rings (SSSR count). The quantitative estimate of drug-likeness (QED) is 0.441. The summed E-state index contributed by atoms with van der Waals surface area (Å²) in [6, 6.07) is 15.7. The fourth-order valence-corrected chi connectivity index (χ4v) is 3.00. The molecule has 0 amide bonds. The topological polar surface area (TPSA) is 40.5 Å². The monoisotopic (exact) mass is 337 g/mol. The van der Waals surface area contributed by atoms with Crippen LogP contribution >= 0.6 is 0 Å². The van der Waals surface area contributed by atoms with Crippen molar-refractivity contribution in [3.8, 4) is 11.5 Å². The number of rotatable bonds is 8. The number of fused-ring (bicyclic) bond motifs is 1. The van der Waals surface area contributed by atoms with Crippen molar-refractivity contribution in [1.29, 1.82) is 0 Å². The van der Waals surface area contributed by atoms with Gasteiger partial charge in [0.1, 0.15) is 0 Å². The molecule has 0 atom stereocenters. The number of ether oxygens (including phenoxy) is 2. The molecule has 0 saturated heterocycles. The Morgan fingerprint density at radius 2 is 1.76 bits per heavy atom. The van der Waals surface area contributed by atoms with Gasteiger partial charge < -0.3 is 14.0 Å². The van der Waals surface area contributed by atoms with Crippen molar-refractivity contribution in [2.75, 3.05) is 13.7 Å². The Morgan fingerprint density at radius 3 is 2.52 bits per heavy atom. The Balaban J connectivity index is 1.68. The second-order valence-electron chi connectivity index (χ2n) is 5.88. The summed E-state index contributed by atoms with van der Waals surface area (Å²) in [6.07, 6.45) is 3.33. The molecule has 0 radical (unpaired) electrons. The number of nitrogens with zero attached hydrogens (tertiary/aromatic N) is 1. The van der Waals surface area contributed by atoms with Gasteiger partial charge in [0, 0.05) is 35.6 Å². The molecule has 1 aromatic heterocycles. The number of hydrogen-bond acceptors (Lipinski definition) is 3. The Hall–Kier alpha value is -2.75. The molecule has 0 bridgehead atoms. The van der Waals surface area contributed by atoms with Crippen LogP contribution in [0.3, 0.4) is 0 Å². The van der Waals surface area contributed by atoms with Gasteiger partial charge in [0.25, 0.3) is 0 Å². The predicted molar refractivity (Wildman–Crippen MR) is 99.7 cm³/mol. The Bertz CT molecular complexity index is 866. The molecule has 0 aliphatic carbocycles. The molecule has 0 saturated carbocycles. The standard InChI is InChI=1S/C21H23NO3/c1-3-19(23)17-15-22(18-10-5-4-9-16(17)18)13-8-14-25-21-12-7-6-11-20(21)24-2/h4-7,9-12,15H,3,8,13-14H2,1-2H3. The van der Waals surface area contributed by atoms with Crippen LogP contribution in [0.25, 0.3) is 10.9 Å². The van der Waals surface area contributed by atoms with E-state index >= 15 is 0 Å². The van der Waals surface area contributed by atoms with Crippen LogP contribution in [0.5, 0.6) is 11.5 Å². The van der Waals surface area contributed by atoms with Gasteiger partial charge in [-0.05, 0) is 24.6 Å². The van der Waals surface area contributed by atoms with E-state index in [0.29, 0.717) is 13.0 Å². The van der Waals surface area contributed by atoms with Crippen LogP contribution < -0.4 is 9.47 Å². The Morgan fingerprint density at radius 1 is 1.04 bits per heavy atom. The third kappa shape index (κ3) is 3.68. The minimum atomic E-state index is 0.181. The van der Waals surface area contributed by atoms with E-state index in [-0.39, 0.29) is 5.78 Å². The summed E-state index contributed by atoms with van der Waals surface area (Å²) in [7, 11) is 1.64. The van der Waals surface area contributed by atoms with Crippen molar-refractivity contribution < 1.29 is 14.3 Å². The van der Waals surface area contributed by atoms with Crippen molar-refractivity contribution in [3.05, 3.63) is 60.3 Å². The lowest BCUT2D eigenvalue weighted by molar-refractivity contribution is 0.0989. The third-order valence-corrected chi connectivity index (χ3v) is 4.28. The Kier molecular flexibility index (Phi) is 5.39. The van der Waals surface area contributed by atoms with Crippen molar-refractivity contribution in [2.45, 2.75) is 26.3 Å². The highest BCUT2D eigenvalue weighted by molar-refractivity contribution is 6.07. The molecule has 130 valence electrons. The van der Waals surface area contributed by atoms with E-state index in [2.05, 4.69) is 10.6 Å². The van der Waals surface area contributed by atoms with Crippen molar-refractivity contribution in [3.63, 3.8) is 0 Å². The van der Waals surface area contributed by atoms with Crippen LogP contribution in [-0.4, -0.2) is 24.1 Å². The number of aromatic nitrogens is 1. The molecular formula is C21H23NO3. The van der Waals surface area contributed by atoms with Crippen LogP contribution in [0, 0.1) is 0 Å². The number of carbonyl (C=O) groups is 1. The van der Waals surface area contributed by atoms with Gasteiger partial charge in [0.05, 0.1) is 13.7 Å². The lowest BCUT2D eigenvalue weighted by atomic mass is 10.1. The molecule has 3 aromatic rings. The van der Waals surface area contributed by atoms with E-state index in [1.165, 1.54) is 0 Å². The van der Waals surface area contributed by atoms with Gasteiger partial charge in [0.15, 0.2) is 17.3 Å². The number of benzene rings is 2. The fourth-order valence-electron chi connectivity index (χ4n) is 3.00. The largest absolute Gasteiger partial charge is 0.493 e. The minimum Gasteiger partial charge on any atom is -0.493 e. The highest BCUT2D eigenvalue weighted by Crippen LogP contribution is 2.26. The van der Waals surface area contributed by atoms with Crippen molar-refractivity contribution in [2.24, 2.45) is 0 Å². The number of hydrogen-bond donors (Lipinski definition) is 0. The maximum absolute atomic E-state index is 12.2. The summed E-state index contributed by atoms with van der Waals surface area (Å²) in [6.45, 7) is 3.28. The highest BCUT2D eigenvalue weighted by atomic mass is 16.5. The van der Waals surface area contributed by atoms with E-state index in [1.54, 1.807) is 7.11 Å². The summed E-state index contributed by atoms with van der Waals surface area (Å²) < 4.78 is 13.3. The maximum Gasteiger partial charge on any atom is 0.164 e. The van der Waals surface area contributed by atoms with E-state index in [0.717, 1.165) is 40.9 Å². The van der Waals surface area contributed by atoms with Crippen LogP contribution in [-0.2, 0) is 6.54 Å². The molecule has 0 spiro atoms. The summed E-state index contributed by atoms with van der Waals surface area (Å²) >= 11 is 0. The number of para-hydroxylation sites is 3. The summed E-state index contributed by atoms with van der Waals surface area (Å²) in [4.78, 5) is 12.2. The van der Waals surface area contributed by atoms with E-state index in [1.807, 2.05) is 55.6 Å². The molecule has 0 N–H and O–H groups in total. The first-order valence-electron chi connectivity index (χ1n) is 8.61. The van der Waals surface area contributed by atoms with Gasteiger partial charge in [-0.3, -0.25) is 4.79 Å². The molecular weight excluding hydrogens is 314 g/mol. The van der Waals surface area contributed by atoms with Gasteiger partial charge in [0.2, 0.25) is 0 Å². The zero-order valence-electron chi connectivity index (χ0n) is 14.7. The summed E-state index contributed by atoms with van der Waals surface area (Å²) in [5.41, 5.74) is 1.90. The first-order valence-corrected chi connectivity index (χ1v) is 8.61. The van der Waals surface area contributed by atoms with Crippen molar-refractivity contribution >= 4 is 16.7 Å². The molecule has 0 aliphatic rings. The van der Waals surface area contributed by atoms with Crippen LogP contribution in [0.1, 0.15) is 30.1 Å². The predicted octanol–water partition coefficient (Wildman–Crippen LogP) is 4.71. The zero-order chi connectivity index (χ0) is 17.6. The fraction of sp³-hybridized carbons (Fsp3) is 0.286. The van der Waals surface area contributed by atoms with E-state index in [9.17, 15) is 4.79 Å². The minimum absolute atomic E-state index is 0.181. The number of ketones is 1. The summed E-state index contributed by atoms with van der Waals surface area (Å²) in [5, 5.41) is 1.03. The maximum atomic E-state index is 12.2. The molecule has 0 fully saturated rings. The average molecular weight is 337 g/mol. The molecule has 1 heterocycles. The number of aryl methyl sites for hydroxylation is 1. The normalized spacial score (nSPS) is 10.8.